The van der Waals surface area contributed by atoms with Gasteiger partial charge in [0.2, 0.25) is 0 Å². The number of ether oxygens (including phenoxy) is 1. The van der Waals surface area contributed by atoms with E-state index in [-0.39, 0.29) is 37.2 Å². The van der Waals surface area contributed by atoms with Crippen LogP contribution in [0.25, 0.3) is 0 Å². The number of amides is 1. The molecule has 1 atom stereocenters. The van der Waals surface area contributed by atoms with Crippen molar-refractivity contribution < 1.29 is 23.8 Å². The Labute approximate surface area is 218 Å². The Morgan fingerprint density at radius 1 is 0.973 bits per heavy atom. The van der Waals surface area contributed by atoms with E-state index in [1.807, 2.05) is 13.8 Å². The number of hydrogen-bond acceptors (Lipinski definition) is 3. The summed E-state index contributed by atoms with van der Waals surface area (Å²) < 4.78 is 19.8. The van der Waals surface area contributed by atoms with Crippen molar-refractivity contribution in [3.63, 3.8) is 0 Å². The average Bonchev–Trinajstić information content (AvgIpc) is 2.82. The first-order chi connectivity index (χ1) is 17.5. The zero-order chi connectivity index (χ0) is 27.1. The van der Waals surface area contributed by atoms with E-state index in [0.29, 0.717) is 33.9 Å². The number of hydrogen-bond donors (Lipinski definition) is 2. The molecule has 0 aliphatic carbocycles. The minimum Gasteiger partial charge on any atom is -0.489 e. The Hall–Kier alpha value is -3.67. The molecule has 3 aromatic carbocycles. The van der Waals surface area contributed by atoms with E-state index < -0.39 is 5.97 Å². The van der Waals surface area contributed by atoms with Gasteiger partial charge >= 0.3 is 5.97 Å². The van der Waals surface area contributed by atoms with Crippen molar-refractivity contribution in [3.8, 4) is 5.75 Å². The third-order valence-corrected chi connectivity index (χ3v) is 6.23. The van der Waals surface area contributed by atoms with Crippen LogP contribution in [0.2, 0.25) is 0 Å². The van der Waals surface area contributed by atoms with E-state index in [2.05, 4.69) is 37.4 Å². The maximum atomic E-state index is 13.9. The Kier molecular flexibility index (Phi) is 9.45. The quantitative estimate of drug-likeness (QED) is 0.298. The Bertz CT molecular complexity index is 1250. The molecule has 0 fully saturated rings. The molecule has 37 heavy (non-hydrogen) atoms. The van der Waals surface area contributed by atoms with Gasteiger partial charge in [-0.05, 0) is 80.0 Å². The summed E-state index contributed by atoms with van der Waals surface area (Å²) in [5.74, 6) is -0.704. The second-order valence-corrected chi connectivity index (χ2v) is 10.2. The fourth-order valence-corrected chi connectivity index (χ4v) is 4.41. The molecule has 0 bridgehead atoms. The molecule has 0 aliphatic rings. The summed E-state index contributed by atoms with van der Waals surface area (Å²) in [7, 11) is 0. The van der Waals surface area contributed by atoms with Gasteiger partial charge in [-0.3, -0.25) is 9.59 Å². The van der Waals surface area contributed by atoms with Crippen LogP contribution in [0.4, 0.5) is 4.39 Å². The van der Waals surface area contributed by atoms with E-state index in [9.17, 15) is 19.1 Å². The Morgan fingerprint density at radius 3 is 2.30 bits per heavy atom. The van der Waals surface area contributed by atoms with Crippen LogP contribution in [0, 0.1) is 32.5 Å². The highest BCUT2D eigenvalue weighted by molar-refractivity contribution is 5.96. The first-order valence-corrected chi connectivity index (χ1v) is 12.6. The molecule has 6 heteroatoms. The van der Waals surface area contributed by atoms with Gasteiger partial charge in [0.15, 0.2) is 0 Å². The zero-order valence-electron chi connectivity index (χ0n) is 22.2. The largest absolute Gasteiger partial charge is 0.489 e. The average molecular weight is 506 g/mol. The molecule has 0 saturated carbocycles. The van der Waals surface area contributed by atoms with E-state index in [0.717, 1.165) is 23.1 Å². The van der Waals surface area contributed by atoms with Crippen molar-refractivity contribution in [2.75, 3.05) is 0 Å². The smallest absolute Gasteiger partial charge is 0.303 e. The molecule has 0 aliphatic heterocycles. The zero-order valence-corrected chi connectivity index (χ0v) is 22.2. The number of benzene rings is 3. The van der Waals surface area contributed by atoms with Gasteiger partial charge in [-0.2, -0.15) is 0 Å². The van der Waals surface area contributed by atoms with Crippen LogP contribution in [-0.2, 0) is 17.8 Å². The second-order valence-electron chi connectivity index (χ2n) is 10.2. The highest BCUT2D eigenvalue weighted by atomic mass is 19.1. The van der Waals surface area contributed by atoms with Crippen LogP contribution < -0.4 is 10.1 Å². The van der Waals surface area contributed by atoms with Crippen LogP contribution in [-0.4, -0.2) is 17.0 Å². The number of halogens is 1. The number of carboxylic acid groups (broad SMARTS) is 1. The third-order valence-electron chi connectivity index (χ3n) is 6.23. The van der Waals surface area contributed by atoms with Gasteiger partial charge in [-0.25, -0.2) is 4.39 Å². The van der Waals surface area contributed by atoms with E-state index in [1.54, 1.807) is 37.3 Å². The van der Waals surface area contributed by atoms with Crippen LogP contribution >= 0.6 is 0 Å². The highest BCUT2D eigenvalue weighted by Gasteiger charge is 2.21. The molecule has 5 nitrogen and oxygen atoms in total. The topological polar surface area (TPSA) is 75.6 Å². The van der Waals surface area contributed by atoms with Gasteiger partial charge in [-0.1, -0.05) is 61.4 Å². The van der Waals surface area contributed by atoms with Gasteiger partial charge in [0.1, 0.15) is 18.2 Å². The van der Waals surface area contributed by atoms with Crippen molar-refractivity contribution in [2.24, 2.45) is 5.92 Å². The lowest BCUT2D eigenvalue weighted by Crippen LogP contribution is -2.30. The number of carboxylic acids is 1. The molecular formula is C31H36FNO4. The van der Waals surface area contributed by atoms with E-state index in [1.165, 1.54) is 6.07 Å². The first kappa shape index (κ1) is 27.9. The van der Waals surface area contributed by atoms with Crippen LogP contribution in [0.15, 0.2) is 54.6 Å². The molecule has 2 N–H and O–H groups in total. The van der Waals surface area contributed by atoms with E-state index in [4.69, 9.17) is 4.74 Å². The molecule has 1 unspecified atom stereocenters. The van der Waals surface area contributed by atoms with Crippen molar-refractivity contribution in [2.45, 2.75) is 66.5 Å². The summed E-state index contributed by atoms with van der Waals surface area (Å²) in [6.45, 7) is 10.1. The number of rotatable bonds is 11. The van der Waals surface area contributed by atoms with Crippen LogP contribution in [0.5, 0.6) is 5.75 Å². The molecule has 196 valence electrons. The summed E-state index contributed by atoms with van der Waals surface area (Å²) in [6.07, 6.45) is 0.893. The molecule has 3 rings (SSSR count). The molecule has 0 spiro atoms. The fourth-order valence-electron chi connectivity index (χ4n) is 4.41. The van der Waals surface area contributed by atoms with Gasteiger partial charge in [-0.15, -0.1) is 0 Å². The van der Waals surface area contributed by atoms with Crippen LogP contribution in [0.3, 0.4) is 0 Å². The molecule has 3 aromatic rings. The van der Waals surface area contributed by atoms with Gasteiger partial charge in [0, 0.05) is 12.0 Å². The first-order valence-electron chi connectivity index (χ1n) is 12.6. The number of carbonyl (C=O) groups is 2. The van der Waals surface area contributed by atoms with Gasteiger partial charge in [0.25, 0.3) is 5.91 Å². The minimum atomic E-state index is -0.930. The molecule has 0 radical (unpaired) electrons. The van der Waals surface area contributed by atoms with Gasteiger partial charge in [0.05, 0.1) is 6.04 Å². The maximum absolute atomic E-state index is 13.9. The summed E-state index contributed by atoms with van der Waals surface area (Å²) >= 11 is 0. The summed E-state index contributed by atoms with van der Waals surface area (Å²) in [5.41, 5.74) is 5.55. The monoisotopic (exact) mass is 505 g/mol. The molecule has 0 aromatic heterocycles. The van der Waals surface area contributed by atoms with Gasteiger partial charge < -0.3 is 15.2 Å². The number of aliphatic carboxylic acids is 1. The highest BCUT2D eigenvalue weighted by Crippen LogP contribution is 2.26. The third kappa shape index (κ3) is 8.17. The lowest BCUT2D eigenvalue weighted by Gasteiger charge is -2.23. The second kappa shape index (κ2) is 12.5. The summed E-state index contributed by atoms with van der Waals surface area (Å²) in [4.78, 5) is 24.8. The number of nitrogens with one attached hydrogen (secondary N) is 1. The number of carbonyl (C=O) groups excluding carboxylic acids is 1. The van der Waals surface area contributed by atoms with E-state index >= 15 is 0 Å². The molecular weight excluding hydrogens is 469 g/mol. The Morgan fingerprint density at radius 2 is 1.68 bits per heavy atom. The predicted octanol–water partition coefficient (Wildman–Crippen LogP) is 6.86. The summed E-state index contributed by atoms with van der Waals surface area (Å²) in [6, 6.07) is 16.1. The summed E-state index contributed by atoms with van der Waals surface area (Å²) in [5, 5.41) is 12.4. The van der Waals surface area contributed by atoms with Crippen molar-refractivity contribution in [1.82, 2.24) is 5.32 Å². The molecule has 1 amide bonds. The minimum absolute atomic E-state index is 0.0877. The Balaban J connectivity index is 1.88. The standard InChI is InChI=1S/C31H36FNO4/c1-19(2)12-29(25-14-20(3)13-21(4)15-25)33-31(36)27-17-26(10-8-24(27)9-11-30(34)35)37-18-23-7-6-22(5)28(32)16-23/h6-8,10,13-17,19,29H,9,11-12,18H2,1-5H3,(H,33,36)(H,34,35). The SMILES string of the molecule is Cc1cc(C)cc(C(CC(C)C)NC(=O)c2cc(OCc3ccc(C)c(F)c3)ccc2CCC(=O)O)c1. The van der Waals surface area contributed by atoms with Crippen molar-refractivity contribution in [3.05, 3.63) is 99.4 Å². The lowest BCUT2D eigenvalue weighted by molar-refractivity contribution is -0.136. The number of aryl methyl sites for hydroxylation is 4. The molecule has 0 heterocycles. The van der Waals surface area contributed by atoms with Crippen LogP contribution in [0.1, 0.15) is 76.5 Å². The van der Waals surface area contributed by atoms with Crippen molar-refractivity contribution in [1.29, 1.82) is 0 Å². The normalized spacial score (nSPS) is 11.9. The predicted molar refractivity (Wildman–Crippen MR) is 143 cm³/mol. The fraction of sp³-hybridized carbons (Fsp3) is 0.355. The lowest BCUT2D eigenvalue weighted by atomic mass is 9.93. The van der Waals surface area contributed by atoms with Crippen molar-refractivity contribution >= 4 is 11.9 Å². The maximum Gasteiger partial charge on any atom is 0.303 e. The molecule has 0 saturated heterocycles.